The Bertz CT molecular complexity index is 1270. The number of rotatable bonds is 3. The first kappa shape index (κ1) is 17.0. The van der Waals surface area contributed by atoms with Gasteiger partial charge in [-0.2, -0.15) is 0 Å². The fourth-order valence-corrected chi connectivity index (χ4v) is 4.03. The molecule has 2 aromatic heterocycles. The van der Waals surface area contributed by atoms with Gasteiger partial charge in [0.2, 0.25) is 5.90 Å². The minimum atomic E-state index is -0.0203. The summed E-state index contributed by atoms with van der Waals surface area (Å²) in [6.45, 7) is 0.513. The molecule has 0 unspecified atom stereocenters. The van der Waals surface area contributed by atoms with Crippen LogP contribution in [0.2, 0.25) is 0 Å². The van der Waals surface area contributed by atoms with Crippen LogP contribution in [-0.2, 0) is 11.2 Å². The lowest BCUT2D eigenvalue weighted by Gasteiger charge is -2.11. The second-order valence-corrected chi connectivity index (χ2v) is 7.25. The van der Waals surface area contributed by atoms with Crippen LogP contribution in [0.1, 0.15) is 28.7 Å². The van der Waals surface area contributed by atoms with E-state index in [2.05, 4.69) is 32.0 Å². The summed E-state index contributed by atoms with van der Waals surface area (Å²) >= 11 is 0. The molecule has 0 radical (unpaired) electrons. The lowest BCUT2D eigenvalue weighted by atomic mass is 10.1. The molecule has 2 aliphatic heterocycles. The molecule has 8 nitrogen and oxygen atoms in total. The van der Waals surface area contributed by atoms with Gasteiger partial charge in [0.05, 0.1) is 36.1 Å². The van der Waals surface area contributed by atoms with Crippen molar-refractivity contribution in [3.05, 3.63) is 83.7 Å². The van der Waals surface area contributed by atoms with Gasteiger partial charge in [-0.3, -0.25) is 4.57 Å². The highest BCUT2D eigenvalue weighted by molar-refractivity contribution is 5.95. The van der Waals surface area contributed by atoms with Gasteiger partial charge in [-0.15, -0.1) is 5.10 Å². The monoisotopic (exact) mass is 398 g/mol. The number of methoxy groups -OCH3 is 1. The van der Waals surface area contributed by atoms with Crippen molar-refractivity contribution in [1.29, 1.82) is 0 Å². The molecule has 0 amide bonds. The molecule has 30 heavy (non-hydrogen) atoms. The second-order valence-electron chi connectivity index (χ2n) is 7.25. The zero-order chi connectivity index (χ0) is 20.1. The van der Waals surface area contributed by atoms with Crippen molar-refractivity contribution < 1.29 is 9.47 Å². The smallest absolute Gasteiger partial charge is 0.238 e. The fraction of sp³-hybridized carbons (Fsp3) is 0.182. The van der Waals surface area contributed by atoms with E-state index >= 15 is 0 Å². The molecule has 2 aliphatic rings. The summed E-state index contributed by atoms with van der Waals surface area (Å²) in [5, 5.41) is 8.41. The molecular weight excluding hydrogens is 380 g/mol. The van der Waals surface area contributed by atoms with Crippen molar-refractivity contribution >= 4 is 5.90 Å². The van der Waals surface area contributed by atoms with Crippen LogP contribution in [0.4, 0.5) is 0 Å². The van der Waals surface area contributed by atoms with Crippen LogP contribution in [0.15, 0.2) is 66.0 Å². The molecule has 0 bridgehead atoms. The SMILES string of the molecule is COc1ccc2c(c1)-n1nncc1Cc1c(C3=N[C@H](c4ccccc4)CO3)ncn1-2. The highest BCUT2D eigenvalue weighted by Gasteiger charge is 2.29. The van der Waals surface area contributed by atoms with E-state index in [1.807, 2.05) is 47.4 Å². The van der Waals surface area contributed by atoms with Gasteiger partial charge in [0.1, 0.15) is 30.4 Å². The van der Waals surface area contributed by atoms with Gasteiger partial charge >= 0.3 is 0 Å². The molecular formula is C22H18N6O2. The number of hydrogen-bond acceptors (Lipinski definition) is 6. The van der Waals surface area contributed by atoms with Crippen LogP contribution in [0.5, 0.6) is 5.75 Å². The fourth-order valence-electron chi connectivity index (χ4n) is 4.03. The van der Waals surface area contributed by atoms with E-state index in [-0.39, 0.29) is 6.04 Å². The molecule has 0 fully saturated rings. The third-order valence-electron chi connectivity index (χ3n) is 5.54. The summed E-state index contributed by atoms with van der Waals surface area (Å²) in [5.41, 5.74) is 5.69. The number of aromatic nitrogens is 5. The summed E-state index contributed by atoms with van der Waals surface area (Å²) in [4.78, 5) is 9.50. The van der Waals surface area contributed by atoms with Gasteiger partial charge in [0, 0.05) is 12.5 Å². The lowest BCUT2D eigenvalue weighted by molar-refractivity contribution is 0.319. The summed E-state index contributed by atoms with van der Waals surface area (Å²) in [6, 6.07) is 16.1. The number of ether oxygens (including phenoxy) is 2. The first-order valence-corrected chi connectivity index (χ1v) is 9.72. The van der Waals surface area contributed by atoms with Crippen molar-refractivity contribution in [3.8, 4) is 17.1 Å². The van der Waals surface area contributed by atoms with Crippen LogP contribution in [-0.4, -0.2) is 44.2 Å². The van der Waals surface area contributed by atoms with E-state index in [0.717, 1.165) is 39.8 Å². The molecule has 2 aromatic carbocycles. The predicted molar refractivity (Wildman–Crippen MR) is 110 cm³/mol. The molecule has 0 N–H and O–H groups in total. The largest absolute Gasteiger partial charge is 0.497 e. The van der Waals surface area contributed by atoms with Crippen LogP contribution in [0, 0.1) is 0 Å². The summed E-state index contributed by atoms with van der Waals surface area (Å²) in [6.07, 6.45) is 4.20. The van der Waals surface area contributed by atoms with Crippen molar-refractivity contribution in [1.82, 2.24) is 24.5 Å². The molecule has 0 saturated carbocycles. The molecule has 4 aromatic rings. The first-order chi connectivity index (χ1) is 14.8. The Morgan fingerprint density at radius 2 is 2.00 bits per heavy atom. The molecule has 4 heterocycles. The molecule has 148 valence electrons. The van der Waals surface area contributed by atoms with Crippen molar-refractivity contribution in [2.45, 2.75) is 12.5 Å². The summed E-state index contributed by atoms with van der Waals surface area (Å²) in [7, 11) is 1.65. The maximum Gasteiger partial charge on any atom is 0.238 e. The Morgan fingerprint density at radius 1 is 1.10 bits per heavy atom. The van der Waals surface area contributed by atoms with Gasteiger partial charge < -0.3 is 9.47 Å². The van der Waals surface area contributed by atoms with E-state index in [1.165, 1.54) is 0 Å². The van der Waals surface area contributed by atoms with Gasteiger partial charge in [0.25, 0.3) is 0 Å². The van der Waals surface area contributed by atoms with Crippen molar-refractivity contribution in [2.24, 2.45) is 4.99 Å². The zero-order valence-electron chi connectivity index (χ0n) is 16.3. The van der Waals surface area contributed by atoms with Crippen LogP contribution >= 0.6 is 0 Å². The van der Waals surface area contributed by atoms with Gasteiger partial charge in [-0.05, 0) is 17.7 Å². The van der Waals surface area contributed by atoms with Gasteiger partial charge in [0.15, 0.2) is 0 Å². The number of fused-ring (bicyclic) bond motifs is 5. The van der Waals surface area contributed by atoms with Crippen molar-refractivity contribution in [3.63, 3.8) is 0 Å². The Kier molecular flexibility index (Phi) is 3.70. The molecule has 0 aliphatic carbocycles. The average Bonchev–Trinajstić information content (AvgIpc) is 3.53. The van der Waals surface area contributed by atoms with E-state index in [4.69, 9.17) is 14.5 Å². The highest BCUT2D eigenvalue weighted by atomic mass is 16.5. The van der Waals surface area contributed by atoms with Gasteiger partial charge in [-0.25, -0.2) is 14.7 Å². The molecule has 1 atom stereocenters. The Hall–Kier alpha value is -3.94. The van der Waals surface area contributed by atoms with E-state index in [0.29, 0.717) is 18.9 Å². The Morgan fingerprint density at radius 3 is 2.87 bits per heavy atom. The Labute approximate surface area is 172 Å². The number of benzene rings is 2. The topological polar surface area (TPSA) is 79.3 Å². The van der Waals surface area contributed by atoms with Crippen LogP contribution in [0.3, 0.4) is 0 Å². The van der Waals surface area contributed by atoms with E-state index in [9.17, 15) is 0 Å². The normalized spacial score (nSPS) is 16.7. The summed E-state index contributed by atoms with van der Waals surface area (Å²) in [5.74, 6) is 1.33. The molecule has 0 saturated heterocycles. The summed E-state index contributed by atoms with van der Waals surface area (Å²) < 4.78 is 15.3. The number of nitrogens with zero attached hydrogens (tertiary/aromatic N) is 6. The third kappa shape index (κ3) is 2.53. The Balaban J connectivity index is 1.48. The zero-order valence-corrected chi connectivity index (χ0v) is 16.3. The van der Waals surface area contributed by atoms with E-state index in [1.54, 1.807) is 13.3 Å². The quantitative estimate of drug-likeness (QED) is 0.467. The van der Waals surface area contributed by atoms with Gasteiger partial charge in [-0.1, -0.05) is 35.5 Å². The number of aliphatic imine (C=N–C) groups is 1. The minimum Gasteiger partial charge on any atom is -0.497 e. The average molecular weight is 398 g/mol. The number of imidazole rings is 1. The van der Waals surface area contributed by atoms with Crippen LogP contribution in [0.25, 0.3) is 11.4 Å². The number of hydrogen-bond donors (Lipinski definition) is 0. The maximum atomic E-state index is 5.98. The molecule has 6 rings (SSSR count). The molecule has 0 spiro atoms. The maximum absolute atomic E-state index is 5.98. The van der Waals surface area contributed by atoms with Crippen molar-refractivity contribution in [2.75, 3.05) is 13.7 Å². The predicted octanol–water partition coefficient (Wildman–Crippen LogP) is 2.88. The minimum absolute atomic E-state index is 0.0203. The first-order valence-electron chi connectivity index (χ1n) is 9.72. The van der Waals surface area contributed by atoms with E-state index < -0.39 is 0 Å². The molecule has 8 heteroatoms. The second kappa shape index (κ2) is 6.55. The highest BCUT2D eigenvalue weighted by Crippen LogP contribution is 2.33. The standard InChI is InChI=1S/C22H18N6O2/c1-29-16-7-8-18-19(10-16)28-15(11-24-26-28)9-20-21(23-13-27(18)20)22-25-17(12-30-22)14-5-3-2-4-6-14/h2-8,10-11,13,17H,9,12H2,1H3/t17-/m0/s1. The third-order valence-corrected chi connectivity index (χ3v) is 5.54. The van der Waals surface area contributed by atoms with Crippen LogP contribution < -0.4 is 4.74 Å². The lowest BCUT2D eigenvalue weighted by Crippen LogP contribution is -2.08.